The number of amides is 1. The number of ether oxygens (including phenoxy) is 3. The molecule has 0 spiro atoms. The molecule has 1 amide bonds. The second-order valence-electron chi connectivity index (χ2n) is 11.7. The lowest BCUT2D eigenvalue weighted by Gasteiger charge is -2.19. The van der Waals surface area contributed by atoms with Gasteiger partial charge >= 0.3 is 6.09 Å². The molecule has 1 N–H and O–H groups in total. The highest BCUT2D eigenvalue weighted by Crippen LogP contribution is 2.36. The van der Waals surface area contributed by atoms with Gasteiger partial charge in [-0.25, -0.2) is 14.8 Å². The molecule has 0 unspecified atom stereocenters. The third-order valence-corrected chi connectivity index (χ3v) is 7.45. The third kappa shape index (κ3) is 8.08. The first kappa shape index (κ1) is 32.0. The average Bonchev–Trinajstić information content (AvgIpc) is 3.39. The molecule has 0 aliphatic carbocycles. The Bertz CT molecular complexity index is 2050. The largest absolute Gasteiger partial charge is 0.488 e. The minimum Gasteiger partial charge on any atom is -0.488 e. The molecule has 4 aromatic heterocycles. The summed E-state index contributed by atoms with van der Waals surface area (Å²) in [6.45, 7) is 6.77. The predicted octanol–water partition coefficient (Wildman–Crippen LogP) is 7.88. The first-order valence-corrected chi connectivity index (χ1v) is 15.7. The average molecular weight is 672 g/mol. The number of carbonyl (C=O) groups is 1. The Kier molecular flexibility index (Phi) is 9.42. The topological polar surface area (TPSA) is 113 Å². The lowest BCUT2D eigenvalue weighted by Crippen LogP contribution is -2.32. The Hall–Kier alpha value is -4.93. The van der Waals surface area contributed by atoms with E-state index < -0.39 is 11.7 Å². The molecule has 12 heteroatoms. The van der Waals surface area contributed by atoms with Gasteiger partial charge in [0, 0.05) is 29.8 Å². The van der Waals surface area contributed by atoms with Gasteiger partial charge in [0.1, 0.15) is 35.4 Å². The molecule has 0 radical (unpaired) electrons. The van der Waals surface area contributed by atoms with Crippen molar-refractivity contribution < 1.29 is 19.0 Å². The molecule has 240 valence electrons. The van der Waals surface area contributed by atoms with Crippen LogP contribution in [0.3, 0.4) is 0 Å². The minimum absolute atomic E-state index is 0.0913. The zero-order chi connectivity index (χ0) is 33.0. The molecule has 6 aromatic rings. The summed E-state index contributed by atoms with van der Waals surface area (Å²) in [6.07, 6.45) is 3.20. The summed E-state index contributed by atoms with van der Waals surface area (Å²) in [6, 6.07) is 23.4. The van der Waals surface area contributed by atoms with Gasteiger partial charge in [-0.3, -0.25) is 4.98 Å². The molecule has 4 heterocycles. The van der Waals surface area contributed by atoms with E-state index in [1.807, 2.05) is 80.1 Å². The Morgan fingerprint density at radius 3 is 2.53 bits per heavy atom. The summed E-state index contributed by atoms with van der Waals surface area (Å²) in [4.78, 5) is 29.7. The Morgan fingerprint density at radius 2 is 1.72 bits per heavy atom. The quantitative estimate of drug-likeness (QED) is 0.0890. The monoisotopic (exact) mass is 670 g/mol. The second-order valence-corrected chi connectivity index (χ2v) is 12.4. The van der Waals surface area contributed by atoms with Crippen LogP contribution in [0.4, 0.5) is 4.79 Å². The summed E-state index contributed by atoms with van der Waals surface area (Å²) in [5.74, 6) is 1.02. The van der Waals surface area contributed by atoms with Gasteiger partial charge in [0.05, 0.1) is 29.3 Å². The third-order valence-electron chi connectivity index (χ3n) is 7.00. The van der Waals surface area contributed by atoms with Crippen LogP contribution in [0.15, 0.2) is 85.2 Å². The van der Waals surface area contributed by atoms with Crippen molar-refractivity contribution in [2.75, 3.05) is 13.2 Å². The van der Waals surface area contributed by atoms with Crippen LogP contribution in [0.2, 0.25) is 10.4 Å². The van der Waals surface area contributed by atoms with Crippen molar-refractivity contribution >= 4 is 51.2 Å². The van der Waals surface area contributed by atoms with Gasteiger partial charge in [0.2, 0.25) is 11.2 Å². The van der Waals surface area contributed by atoms with Crippen molar-refractivity contribution in [2.24, 2.45) is 0 Å². The van der Waals surface area contributed by atoms with Crippen LogP contribution in [0.25, 0.3) is 33.1 Å². The second kappa shape index (κ2) is 13.8. The number of nitrogens with zero attached hydrogens (tertiary/aromatic N) is 5. The number of pyridine rings is 2. The van der Waals surface area contributed by atoms with Gasteiger partial charge in [-0.2, -0.15) is 4.98 Å². The van der Waals surface area contributed by atoms with E-state index in [4.69, 9.17) is 37.4 Å². The molecule has 0 aliphatic rings. The zero-order valence-electron chi connectivity index (χ0n) is 26.0. The van der Waals surface area contributed by atoms with Gasteiger partial charge in [-0.15, -0.1) is 0 Å². The fourth-order valence-electron chi connectivity index (χ4n) is 5.01. The molecule has 2 aromatic carbocycles. The molecule has 0 saturated heterocycles. The highest BCUT2D eigenvalue weighted by Gasteiger charge is 2.18. The molecule has 6 rings (SSSR count). The van der Waals surface area contributed by atoms with Crippen LogP contribution >= 0.6 is 23.2 Å². The van der Waals surface area contributed by atoms with Crippen LogP contribution in [-0.2, 0) is 17.8 Å². The van der Waals surface area contributed by atoms with Crippen molar-refractivity contribution in [1.29, 1.82) is 0 Å². The van der Waals surface area contributed by atoms with Crippen molar-refractivity contribution in [3.05, 3.63) is 107 Å². The molecule has 10 nitrogen and oxygen atoms in total. The van der Waals surface area contributed by atoms with Gasteiger partial charge in [-0.05, 0) is 67.8 Å². The Morgan fingerprint density at radius 1 is 0.915 bits per heavy atom. The molecule has 0 bridgehead atoms. The van der Waals surface area contributed by atoms with Crippen molar-refractivity contribution in [3.8, 4) is 22.8 Å². The standard InChI is InChI=1S/C35H32Cl2N6O4/c1-35(2,3)47-34(44)39-18-25-10-7-11-29(40-25)46-15-14-45-26-17-24-16-23(12-13-28(24)38-19-26)27-21-43(20-22-8-5-4-6-9-22)32-30(27)31(36)41-33(37)42-32/h4-13,16-17,19,21H,14-15,18,20H2,1-3H3,(H,39,44). The summed E-state index contributed by atoms with van der Waals surface area (Å²) in [7, 11) is 0. The van der Waals surface area contributed by atoms with Gasteiger partial charge in [0.15, 0.2) is 0 Å². The molecule has 47 heavy (non-hydrogen) atoms. The molecule has 0 atom stereocenters. The summed E-state index contributed by atoms with van der Waals surface area (Å²) in [5, 5.41) is 4.69. The van der Waals surface area contributed by atoms with E-state index in [2.05, 4.69) is 37.4 Å². The predicted molar refractivity (Wildman–Crippen MR) is 182 cm³/mol. The SMILES string of the molecule is CC(C)(C)OC(=O)NCc1cccc(OCCOc2cnc3ccc(-c4cn(Cc5ccccc5)c5nc(Cl)nc(Cl)c45)cc3c2)n1. The van der Waals surface area contributed by atoms with E-state index in [9.17, 15) is 4.79 Å². The summed E-state index contributed by atoms with van der Waals surface area (Å²) in [5.41, 5.74) is 4.47. The molecular formula is C35H32Cl2N6O4. The van der Waals surface area contributed by atoms with Gasteiger partial charge in [0.25, 0.3) is 0 Å². The van der Waals surface area contributed by atoms with E-state index in [1.54, 1.807) is 18.3 Å². The van der Waals surface area contributed by atoms with Crippen molar-refractivity contribution in [3.63, 3.8) is 0 Å². The number of hydrogen-bond donors (Lipinski definition) is 1. The van der Waals surface area contributed by atoms with Gasteiger partial charge in [-0.1, -0.05) is 54.1 Å². The van der Waals surface area contributed by atoms with E-state index in [1.165, 1.54) is 0 Å². The first-order chi connectivity index (χ1) is 22.6. The number of benzene rings is 2. The fraction of sp³-hybridized carbons (Fsp3) is 0.229. The molecular weight excluding hydrogens is 639 g/mol. The summed E-state index contributed by atoms with van der Waals surface area (Å²) < 4.78 is 19.0. The van der Waals surface area contributed by atoms with Crippen LogP contribution < -0.4 is 14.8 Å². The number of alkyl carbamates (subject to hydrolysis) is 1. The van der Waals surface area contributed by atoms with E-state index in [-0.39, 0.29) is 30.2 Å². The first-order valence-electron chi connectivity index (χ1n) is 15.0. The van der Waals surface area contributed by atoms with Crippen LogP contribution in [0.5, 0.6) is 11.6 Å². The van der Waals surface area contributed by atoms with E-state index >= 15 is 0 Å². The molecule has 0 saturated carbocycles. The van der Waals surface area contributed by atoms with E-state index in [0.717, 1.165) is 33.0 Å². The number of nitrogens with one attached hydrogen (secondary N) is 1. The van der Waals surface area contributed by atoms with E-state index in [0.29, 0.717) is 29.5 Å². The number of hydrogen-bond acceptors (Lipinski definition) is 8. The lowest BCUT2D eigenvalue weighted by molar-refractivity contribution is 0.0522. The maximum absolute atomic E-state index is 11.9. The fourth-order valence-corrected chi connectivity index (χ4v) is 5.49. The highest BCUT2D eigenvalue weighted by atomic mass is 35.5. The number of rotatable bonds is 10. The maximum Gasteiger partial charge on any atom is 0.407 e. The van der Waals surface area contributed by atoms with Crippen LogP contribution in [0, 0.1) is 0 Å². The Balaban J connectivity index is 1.13. The maximum atomic E-state index is 11.9. The van der Waals surface area contributed by atoms with Crippen LogP contribution in [0.1, 0.15) is 32.0 Å². The molecule has 0 aliphatic heterocycles. The van der Waals surface area contributed by atoms with Gasteiger partial charge < -0.3 is 24.1 Å². The summed E-state index contributed by atoms with van der Waals surface area (Å²) >= 11 is 12.8. The Labute approximate surface area is 281 Å². The smallest absolute Gasteiger partial charge is 0.407 e. The van der Waals surface area contributed by atoms with Crippen molar-refractivity contribution in [1.82, 2.24) is 29.8 Å². The lowest BCUT2D eigenvalue weighted by atomic mass is 10.0. The highest BCUT2D eigenvalue weighted by molar-refractivity contribution is 6.36. The minimum atomic E-state index is -0.575. The van der Waals surface area contributed by atoms with Crippen LogP contribution in [-0.4, -0.2) is 49.4 Å². The normalized spacial score (nSPS) is 11.5. The number of carbonyl (C=O) groups excluding carboxylic acids is 1. The van der Waals surface area contributed by atoms with Crippen molar-refractivity contribution in [2.45, 2.75) is 39.5 Å². The molecule has 0 fully saturated rings. The number of aromatic nitrogens is 5. The number of halogens is 2. The number of fused-ring (bicyclic) bond motifs is 2. The zero-order valence-corrected chi connectivity index (χ0v) is 27.5.